The number of carbonyl (C=O) groups excluding carboxylic acids is 2. The molecule has 0 aromatic heterocycles. The molecule has 3 rings (SSSR count). The first kappa shape index (κ1) is 14.1. The Morgan fingerprint density at radius 2 is 1.67 bits per heavy atom. The first-order valence-electron chi connectivity index (χ1n) is 7.54. The summed E-state index contributed by atoms with van der Waals surface area (Å²) in [5, 5.41) is 2.89. The minimum Gasteiger partial charge on any atom is -0.322 e. The van der Waals surface area contributed by atoms with Crippen molar-refractivity contribution in [3.05, 3.63) is 29.8 Å². The lowest BCUT2D eigenvalue weighted by atomic mass is 10.1. The molecule has 112 valence electrons. The van der Waals surface area contributed by atoms with Crippen molar-refractivity contribution < 1.29 is 9.59 Å². The highest BCUT2D eigenvalue weighted by atomic mass is 16.2. The maximum absolute atomic E-state index is 12.2. The molecule has 21 heavy (non-hydrogen) atoms. The summed E-state index contributed by atoms with van der Waals surface area (Å²) in [5.74, 6) is 0.0316. The van der Waals surface area contributed by atoms with Gasteiger partial charge in [0.05, 0.1) is 0 Å². The van der Waals surface area contributed by atoms with Crippen LogP contribution >= 0.6 is 0 Å². The van der Waals surface area contributed by atoms with Crippen LogP contribution in [0, 0.1) is 0 Å². The molecule has 0 atom stereocenters. The molecule has 1 heterocycles. The van der Waals surface area contributed by atoms with Crippen molar-refractivity contribution in [1.29, 1.82) is 0 Å². The van der Waals surface area contributed by atoms with Gasteiger partial charge in [-0.3, -0.25) is 9.69 Å². The number of amides is 2. The number of hydrogen-bond donors (Lipinski definition) is 1. The molecule has 5 heteroatoms. The second kappa shape index (κ2) is 5.85. The summed E-state index contributed by atoms with van der Waals surface area (Å²) in [6.45, 7) is 5.05. The van der Waals surface area contributed by atoms with E-state index in [9.17, 15) is 9.59 Å². The van der Waals surface area contributed by atoms with Crippen molar-refractivity contribution >= 4 is 17.5 Å². The highest BCUT2D eigenvalue weighted by molar-refractivity contribution is 5.95. The summed E-state index contributed by atoms with van der Waals surface area (Å²) in [7, 11) is 0. The van der Waals surface area contributed by atoms with E-state index in [4.69, 9.17) is 0 Å². The van der Waals surface area contributed by atoms with E-state index in [-0.39, 0.29) is 11.8 Å². The monoisotopic (exact) mass is 287 g/mol. The van der Waals surface area contributed by atoms with Crippen LogP contribution < -0.4 is 5.32 Å². The standard InChI is InChI=1S/C16H21N3O2/c1-12(20)13-2-4-14(5-3-13)17-16(21)19-10-8-18(9-11-19)15-6-7-15/h2-5,15H,6-11H2,1H3,(H,17,21). The van der Waals surface area contributed by atoms with Gasteiger partial charge in [-0.25, -0.2) is 4.79 Å². The van der Waals surface area contributed by atoms with E-state index < -0.39 is 0 Å². The molecule has 0 bridgehead atoms. The van der Waals surface area contributed by atoms with Crippen LogP contribution in [-0.4, -0.2) is 53.8 Å². The molecule has 1 aliphatic heterocycles. The molecule has 1 saturated carbocycles. The summed E-state index contributed by atoms with van der Waals surface area (Å²) >= 11 is 0. The summed E-state index contributed by atoms with van der Waals surface area (Å²) in [6.07, 6.45) is 2.63. The van der Waals surface area contributed by atoms with Gasteiger partial charge < -0.3 is 10.2 Å². The third kappa shape index (κ3) is 3.42. The van der Waals surface area contributed by atoms with E-state index in [2.05, 4.69) is 10.2 Å². The van der Waals surface area contributed by atoms with Crippen molar-refractivity contribution in [2.45, 2.75) is 25.8 Å². The van der Waals surface area contributed by atoms with Gasteiger partial charge in [-0.2, -0.15) is 0 Å². The first-order chi connectivity index (χ1) is 10.1. The second-order valence-electron chi connectivity index (χ2n) is 5.82. The topological polar surface area (TPSA) is 52.7 Å². The number of piperazine rings is 1. The largest absolute Gasteiger partial charge is 0.322 e. The Balaban J connectivity index is 1.52. The molecule has 0 unspecified atom stereocenters. The van der Waals surface area contributed by atoms with Gasteiger partial charge in [0.15, 0.2) is 5.78 Å². The quantitative estimate of drug-likeness (QED) is 0.867. The van der Waals surface area contributed by atoms with Crippen molar-refractivity contribution in [2.24, 2.45) is 0 Å². The van der Waals surface area contributed by atoms with Crippen molar-refractivity contribution in [1.82, 2.24) is 9.80 Å². The SMILES string of the molecule is CC(=O)c1ccc(NC(=O)N2CCN(C3CC3)CC2)cc1. The number of rotatable bonds is 3. The number of urea groups is 1. The molecule has 1 aromatic carbocycles. The van der Waals surface area contributed by atoms with Gasteiger partial charge in [-0.05, 0) is 44.0 Å². The van der Waals surface area contributed by atoms with E-state index in [0.29, 0.717) is 5.56 Å². The Hall–Kier alpha value is -1.88. The Morgan fingerprint density at radius 1 is 1.05 bits per heavy atom. The average molecular weight is 287 g/mol. The molecule has 2 amide bonds. The first-order valence-corrected chi connectivity index (χ1v) is 7.54. The highest BCUT2D eigenvalue weighted by Gasteiger charge is 2.32. The van der Waals surface area contributed by atoms with Gasteiger partial charge >= 0.3 is 6.03 Å². The Kier molecular flexibility index (Phi) is 3.92. The second-order valence-corrected chi connectivity index (χ2v) is 5.82. The van der Waals surface area contributed by atoms with Crippen molar-refractivity contribution in [3.8, 4) is 0 Å². The minimum atomic E-state index is -0.0546. The summed E-state index contributed by atoms with van der Waals surface area (Å²) in [4.78, 5) is 27.8. The molecule has 1 N–H and O–H groups in total. The van der Waals surface area contributed by atoms with Crippen molar-refractivity contribution in [2.75, 3.05) is 31.5 Å². The smallest absolute Gasteiger partial charge is 0.321 e. The van der Waals surface area contributed by atoms with Crippen LogP contribution in [0.2, 0.25) is 0 Å². The van der Waals surface area contributed by atoms with E-state index in [1.807, 2.05) is 4.90 Å². The zero-order valence-corrected chi connectivity index (χ0v) is 12.3. The number of nitrogens with zero attached hydrogens (tertiary/aromatic N) is 2. The highest BCUT2D eigenvalue weighted by Crippen LogP contribution is 2.27. The molecule has 2 aliphatic rings. The molecular formula is C16H21N3O2. The molecule has 1 aromatic rings. The van der Waals surface area contributed by atoms with Gasteiger partial charge in [0.25, 0.3) is 0 Å². The minimum absolute atomic E-state index is 0.0316. The predicted molar refractivity (Wildman–Crippen MR) is 81.6 cm³/mol. The van der Waals surface area contributed by atoms with Crippen LogP contribution in [0.15, 0.2) is 24.3 Å². The van der Waals surface area contributed by atoms with Crippen LogP contribution in [0.25, 0.3) is 0 Å². The van der Waals surface area contributed by atoms with Crippen LogP contribution in [0.4, 0.5) is 10.5 Å². The number of benzene rings is 1. The zero-order chi connectivity index (χ0) is 14.8. The van der Waals surface area contributed by atoms with E-state index in [0.717, 1.165) is 37.9 Å². The summed E-state index contributed by atoms with van der Waals surface area (Å²) < 4.78 is 0. The lowest BCUT2D eigenvalue weighted by Crippen LogP contribution is -2.50. The van der Waals surface area contributed by atoms with Crippen LogP contribution in [0.1, 0.15) is 30.1 Å². The van der Waals surface area contributed by atoms with Gasteiger partial charge in [0.2, 0.25) is 0 Å². The number of carbonyl (C=O) groups is 2. The van der Waals surface area contributed by atoms with Crippen LogP contribution in [0.3, 0.4) is 0 Å². The zero-order valence-electron chi connectivity index (χ0n) is 12.3. The maximum Gasteiger partial charge on any atom is 0.321 e. The van der Waals surface area contributed by atoms with Gasteiger partial charge in [-0.1, -0.05) is 0 Å². The van der Waals surface area contributed by atoms with Gasteiger partial charge in [-0.15, -0.1) is 0 Å². The fraction of sp³-hybridized carbons (Fsp3) is 0.500. The number of ketones is 1. The van der Waals surface area contributed by atoms with Crippen LogP contribution in [-0.2, 0) is 0 Å². The van der Waals surface area contributed by atoms with E-state index in [1.165, 1.54) is 19.8 Å². The van der Waals surface area contributed by atoms with Crippen molar-refractivity contribution in [3.63, 3.8) is 0 Å². The average Bonchev–Trinajstić information content (AvgIpc) is 3.32. The number of hydrogen-bond acceptors (Lipinski definition) is 3. The van der Waals surface area contributed by atoms with E-state index in [1.54, 1.807) is 24.3 Å². The number of nitrogens with one attached hydrogen (secondary N) is 1. The molecule has 1 aliphatic carbocycles. The van der Waals surface area contributed by atoms with Gasteiger partial charge in [0.1, 0.15) is 0 Å². The molecule has 2 fully saturated rings. The Morgan fingerprint density at radius 3 is 2.19 bits per heavy atom. The molecule has 0 radical (unpaired) electrons. The molecule has 1 saturated heterocycles. The molecule has 0 spiro atoms. The molecule has 5 nitrogen and oxygen atoms in total. The summed E-state index contributed by atoms with van der Waals surface area (Å²) in [6, 6.07) is 7.74. The van der Waals surface area contributed by atoms with Gasteiger partial charge in [0, 0.05) is 43.5 Å². The maximum atomic E-state index is 12.2. The van der Waals surface area contributed by atoms with Crippen LogP contribution in [0.5, 0.6) is 0 Å². The summed E-state index contributed by atoms with van der Waals surface area (Å²) in [5.41, 5.74) is 1.39. The third-order valence-corrected chi connectivity index (χ3v) is 4.21. The normalized spacial score (nSPS) is 19.4. The lowest BCUT2D eigenvalue weighted by Gasteiger charge is -2.34. The fourth-order valence-corrected chi connectivity index (χ4v) is 2.72. The number of anilines is 1. The van der Waals surface area contributed by atoms with E-state index >= 15 is 0 Å². The fourth-order valence-electron chi connectivity index (χ4n) is 2.72. The number of Topliss-reactive ketones (excluding diaryl/α,β-unsaturated/α-hetero) is 1. The third-order valence-electron chi connectivity index (χ3n) is 4.21. The molecular weight excluding hydrogens is 266 g/mol. The Labute approximate surface area is 124 Å². The predicted octanol–water partition coefficient (Wildman–Crippen LogP) is 2.20. The lowest BCUT2D eigenvalue weighted by molar-refractivity contribution is 0.101. The Bertz CT molecular complexity index is 529.